The third-order valence-corrected chi connectivity index (χ3v) is 1.99. The van der Waals surface area contributed by atoms with E-state index in [0.29, 0.717) is 10.8 Å². The van der Waals surface area contributed by atoms with Crippen molar-refractivity contribution in [1.29, 1.82) is 0 Å². The number of para-hydroxylation sites is 1. The highest BCUT2D eigenvalue weighted by molar-refractivity contribution is 6.02. The van der Waals surface area contributed by atoms with Gasteiger partial charge in [0.2, 0.25) is 0 Å². The third kappa shape index (κ3) is 2.04. The maximum absolute atomic E-state index is 11.7. The first-order chi connectivity index (χ1) is 7.79. The predicted molar refractivity (Wildman–Crippen MR) is 57.1 cm³/mol. The highest BCUT2D eigenvalue weighted by Crippen LogP contribution is 2.12. The second kappa shape index (κ2) is 4.50. The van der Waals surface area contributed by atoms with E-state index in [4.69, 9.17) is 0 Å². The Morgan fingerprint density at radius 1 is 1.19 bits per heavy atom. The first-order valence-electron chi connectivity index (χ1n) is 4.63. The summed E-state index contributed by atoms with van der Waals surface area (Å²) in [4.78, 5) is 19.2. The van der Waals surface area contributed by atoms with E-state index in [2.05, 4.69) is 9.97 Å². The minimum atomic E-state index is -0.589. The quantitative estimate of drug-likeness (QED) is 0.609. The van der Waals surface area contributed by atoms with Crippen LogP contribution in [0.5, 0.6) is 0 Å². The van der Waals surface area contributed by atoms with E-state index in [0.717, 1.165) is 0 Å². The van der Waals surface area contributed by atoms with Crippen LogP contribution in [0, 0.1) is 0 Å². The van der Waals surface area contributed by atoms with Gasteiger partial charge in [0.05, 0.1) is 5.69 Å². The number of hydroxylamine groups is 1. The lowest BCUT2D eigenvalue weighted by molar-refractivity contribution is 0.0849. The van der Waals surface area contributed by atoms with Gasteiger partial charge in [-0.15, -0.1) is 0 Å². The molecule has 1 amide bonds. The summed E-state index contributed by atoms with van der Waals surface area (Å²) in [7, 11) is 0. The van der Waals surface area contributed by atoms with E-state index >= 15 is 0 Å². The van der Waals surface area contributed by atoms with Gasteiger partial charge in [-0.2, -0.15) is 5.06 Å². The lowest BCUT2D eigenvalue weighted by Crippen LogP contribution is -2.27. The summed E-state index contributed by atoms with van der Waals surface area (Å²) in [6.07, 6.45) is 2.70. The maximum Gasteiger partial charge on any atom is 0.300 e. The topological polar surface area (TPSA) is 66.3 Å². The molecule has 0 unspecified atom stereocenters. The number of carbonyl (C=O) groups is 1. The molecule has 1 heterocycles. The number of benzene rings is 1. The van der Waals surface area contributed by atoms with Crippen LogP contribution in [0.2, 0.25) is 0 Å². The van der Waals surface area contributed by atoms with Crippen molar-refractivity contribution in [3.63, 3.8) is 0 Å². The largest absolute Gasteiger partial charge is 0.300 e. The smallest absolute Gasteiger partial charge is 0.281 e. The number of hydrogen-bond acceptors (Lipinski definition) is 4. The number of rotatable bonds is 2. The number of hydrogen-bond donors (Lipinski definition) is 1. The van der Waals surface area contributed by atoms with E-state index in [-0.39, 0.29) is 5.69 Å². The minimum absolute atomic E-state index is 0.140. The Morgan fingerprint density at radius 3 is 2.56 bits per heavy atom. The molecular formula is C11H9N3O2. The number of nitrogens with zero attached hydrogens (tertiary/aromatic N) is 3. The first-order valence-corrected chi connectivity index (χ1v) is 4.63. The van der Waals surface area contributed by atoms with Crippen LogP contribution in [-0.2, 0) is 0 Å². The van der Waals surface area contributed by atoms with E-state index in [9.17, 15) is 10.0 Å². The van der Waals surface area contributed by atoms with Crippen molar-refractivity contribution in [2.45, 2.75) is 0 Å². The molecule has 0 saturated heterocycles. The van der Waals surface area contributed by atoms with Crippen LogP contribution < -0.4 is 5.06 Å². The Hall–Kier alpha value is -2.27. The fourth-order valence-corrected chi connectivity index (χ4v) is 1.21. The van der Waals surface area contributed by atoms with Crippen molar-refractivity contribution in [3.8, 4) is 0 Å². The van der Waals surface area contributed by atoms with E-state index < -0.39 is 5.91 Å². The van der Waals surface area contributed by atoms with Crippen LogP contribution in [0.4, 0.5) is 5.69 Å². The molecular weight excluding hydrogens is 206 g/mol. The fourth-order valence-electron chi connectivity index (χ4n) is 1.21. The SMILES string of the molecule is O=C(c1ccncn1)N(O)c1ccccc1. The molecule has 0 bridgehead atoms. The first kappa shape index (κ1) is 10.3. The molecule has 0 aliphatic heterocycles. The normalized spacial score (nSPS) is 9.81. The molecule has 1 aromatic heterocycles. The van der Waals surface area contributed by atoms with Crippen molar-refractivity contribution in [1.82, 2.24) is 9.97 Å². The molecule has 0 atom stereocenters. The standard InChI is InChI=1S/C11H9N3O2/c15-11(10-6-7-12-8-13-10)14(16)9-4-2-1-3-5-9/h1-8,16H. The maximum atomic E-state index is 11.7. The molecule has 0 spiro atoms. The van der Waals surface area contributed by atoms with Gasteiger partial charge >= 0.3 is 5.91 Å². The van der Waals surface area contributed by atoms with Gasteiger partial charge < -0.3 is 0 Å². The van der Waals surface area contributed by atoms with Gasteiger partial charge in [0, 0.05) is 6.20 Å². The van der Waals surface area contributed by atoms with Gasteiger partial charge in [-0.25, -0.2) is 9.97 Å². The van der Waals surface area contributed by atoms with Crippen molar-refractivity contribution in [2.75, 3.05) is 5.06 Å². The second-order valence-corrected chi connectivity index (χ2v) is 3.05. The van der Waals surface area contributed by atoms with Gasteiger partial charge in [-0.05, 0) is 18.2 Å². The zero-order valence-electron chi connectivity index (χ0n) is 8.32. The zero-order valence-corrected chi connectivity index (χ0v) is 8.32. The average Bonchev–Trinajstić information content (AvgIpc) is 2.39. The van der Waals surface area contributed by atoms with E-state index in [1.807, 2.05) is 0 Å². The Kier molecular flexibility index (Phi) is 2.88. The summed E-state index contributed by atoms with van der Waals surface area (Å²) in [6.45, 7) is 0. The molecule has 0 fully saturated rings. The predicted octanol–water partition coefficient (Wildman–Crippen LogP) is 1.51. The molecule has 1 aromatic carbocycles. The van der Waals surface area contributed by atoms with Crippen LogP contribution in [0.1, 0.15) is 10.5 Å². The zero-order chi connectivity index (χ0) is 11.4. The van der Waals surface area contributed by atoms with Crippen molar-refractivity contribution >= 4 is 11.6 Å². The molecule has 0 saturated carbocycles. The summed E-state index contributed by atoms with van der Waals surface area (Å²) in [5, 5.41) is 10.2. The third-order valence-electron chi connectivity index (χ3n) is 1.99. The summed E-state index contributed by atoms with van der Waals surface area (Å²) in [6, 6.07) is 9.94. The van der Waals surface area contributed by atoms with E-state index in [1.165, 1.54) is 18.6 Å². The minimum Gasteiger partial charge on any atom is -0.281 e. The summed E-state index contributed by atoms with van der Waals surface area (Å²) < 4.78 is 0. The molecule has 0 aliphatic rings. The van der Waals surface area contributed by atoms with Crippen LogP contribution in [0.3, 0.4) is 0 Å². The molecule has 80 valence electrons. The average molecular weight is 215 g/mol. The Balaban J connectivity index is 2.24. The number of anilines is 1. The fraction of sp³-hybridized carbons (Fsp3) is 0. The molecule has 0 radical (unpaired) electrons. The van der Waals surface area contributed by atoms with Gasteiger partial charge in [0.15, 0.2) is 0 Å². The molecule has 2 aromatic rings. The Morgan fingerprint density at radius 2 is 1.94 bits per heavy atom. The van der Waals surface area contributed by atoms with Gasteiger partial charge in [-0.3, -0.25) is 10.0 Å². The monoisotopic (exact) mass is 215 g/mol. The van der Waals surface area contributed by atoms with Crippen LogP contribution in [0.15, 0.2) is 48.9 Å². The summed E-state index contributed by atoms with van der Waals surface area (Å²) in [5.41, 5.74) is 0.535. The van der Waals surface area contributed by atoms with Crippen LogP contribution in [0.25, 0.3) is 0 Å². The highest BCUT2D eigenvalue weighted by Gasteiger charge is 2.15. The van der Waals surface area contributed by atoms with Crippen LogP contribution in [-0.4, -0.2) is 21.1 Å². The highest BCUT2D eigenvalue weighted by atomic mass is 16.5. The Bertz CT molecular complexity index is 473. The second-order valence-electron chi connectivity index (χ2n) is 3.05. The molecule has 16 heavy (non-hydrogen) atoms. The molecule has 0 aliphatic carbocycles. The number of amides is 1. The number of aromatic nitrogens is 2. The lowest BCUT2D eigenvalue weighted by Gasteiger charge is -2.13. The molecule has 2 rings (SSSR count). The van der Waals surface area contributed by atoms with Crippen molar-refractivity contribution < 1.29 is 10.0 Å². The van der Waals surface area contributed by atoms with Crippen LogP contribution >= 0.6 is 0 Å². The van der Waals surface area contributed by atoms with Gasteiger partial charge in [-0.1, -0.05) is 18.2 Å². The van der Waals surface area contributed by atoms with E-state index in [1.54, 1.807) is 30.3 Å². The summed E-state index contributed by atoms with van der Waals surface area (Å²) >= 11 is 0. The van der Waals surface area contributed by atoms with Gasteiger partial charge in [0.25, 0.3) is 0 Å². The van der Waals surface area contributed by atoms with Gasteiger partial charge in [0.1, 0.15) is 12.0 Å². The Labute approximate surface area is 92.0 Å². The summed E-state index contributed by atoms with van der Waals surface area (Å²) in [5.74, 6) is -0.589. The van der Waals surface area contributed by atoms with Crippen molar-refractivity contribution in [3.05, 3.63) is 54.6 Å². The number of carbonyl (C=O) groups excluding carboxylic acids is 1. The molecule has 5 nitrogen and oxygen atoms in total. The molecule has 1 N–H and O–H groups in total. The molecule has 5 heteroatoms. The van der Waals surface area contributed by atoms with Crippen molar-refractivity contribution in [2.24, 2.45) is 0 Å². The lowest BCUT2D eigenvalue weighted by atomic mass is 10.3.